The minimum Gasteiger partial charge on any atom is -0.481 e. The number of hydrogen-bond donors (Lipinski definition) is 1. The van der Waals surface area contributed by atoms with Gasteiger partial charge in [-0.15, -0.1) is 0 Å². The predicted octanol–water partition coefficient (Wildman–Crippen LogP) is 0.929. The maximum atomic E-state index is 12.2. The monoisotopic (exact) mass is 283 g/mol. The van der Waals surface area contributed by atoms with E-state index in [2.05, 4.69) is 11.8 Å². The lowest BCUT2D eigenvalue weighted by atomic mass is 9.97. The standard InChI is InChI=1S/C14H25N3O3/c1-3-16-6-4-5-12(16)10-15(2)14(20)17-8-11(9-17)7-13(18)19/h11-12H,3-10H2,1-2H3,(H,18,19). The summed E-state index contributed by atoms with van der Waals surface area (Å²) >= 11 is 0. The van der Waals surface area contributed by atoms with E-state index in [-0.39, 0.29) is 18.4 Å². The van der Waals surface area contributed by atoms with Crippen LogP contribution in [0, 0.1) is 5.92 Å². The molecule has 2 heterocycles. The summed E-state index contributed by atoms with van der Waals surface area (Å²) in [7, 11) is 1.85. The first-order chi connectivity index (χ1) is 9.51. The number of likely N-dealkylation sites (tertiary alicyclic amines) is 2. The number of hydrogen-bond acceptors (Lipinski definition) is 3. The molecule has 6 heteroatoms. The van der Waals surface area contributed by atoms with E-state index in [0.717, 1.165) is 26.1 Å². The Morgan fingerprint density at radius 2 is 2.05 bits per heavy atom. The summed E-state index contributed by atoms with van der Waals surface area (Å²) in [6, 6.07) is 0.514. The van der Waals surface area contributed by atoms with E-state index >= 15 is 0 Å². The summed E-state index contributed by atoms with van der Waals surface area (Å²) in [6.45, 7) is 6.26. The minimum absolute atomic E-state index is 0.0367. The van der Waals surface area contributed by atoms with Crippen LogP contribution in [-0.4, -0.2) is 77.6 Å². The van der Waals surface area contributed by atoms with Gasteiger partial charge in [-0.1, -0.05) is 6.92 Å². The van der Waals surface area contributed by atoms with E-state index in [0.29, 0.717) is 19.1 Å². The van der Waals surface area contributed by atoms with Crippen LogP contribution < -0.4 is 0 Å². The molecule has 1 N–H and O–H groups in total. The summed E-state index contributed by atoms with van der Waals surface area (Å²) < 4.78 is 0. The number of likely N-dealkylation sites (N-methyl/N-ethyl adjacent to an activating group) is 2. The highest BCUT2D eigenvalue weighted by Crippen LogP contribution is 2.22. The molecule has 0 saturated carbocycles. The summed E-state index contributed by atoms with van der Waals surface area (Å²) in [5.74, 6) is -0.650. The van der Waals surface area contributed by atoms with E-state index in [1.54, 1.807) is 9.80 Å². The Morgan fingerprint density at radius 1 is 1.35 bits per heavy atom. The number of carbonyl (C=O) groups excluding carboxylic acids is 1. The highest BCUT2D eigenvalue weighted by molar-refractivity contribution is 5.75. The van der Waals surface area contributed by atoms with Crippen LogP contribution in [0.3, 0.4) is 0 Å². The van der Waals surface area contributed by atoms with Crippen LogP contribution in [0.2, 0.25) is 0 Å². The van der Waals surface area contributed by atoms with E-state index in [1.165, 1.54) is 6.42 Å². The molecule has 114 valence electrons. The van der Waals surface area contributed by atoms with Crippen molar-refractivity contribution in [1.82, 2.24) is 14.7 Å². The molecule has 2 saturated heterocycles. The second-order valence-corrected chi connectivity index (χ2v) is 5.96. The Balaban J connectivity index is 1.74. The van der Waals surface area contributed by atoms with Crippen LogP contribution in [0.15, 0.2) is 0 Å². The van der Waals surface area contributed by atoms with Crippen molar-refractivity contribution in [2.24, 2.45) is 5.92 Å². The normalized spacial score (nSPS) is 23.7. The Labute approximate surface area is 120 Å². The molecule has 20 heavy (non-hydrogen) atoms. The molecule has 0 aromatic heterocycles. The average Bonchev–Trinajstić information content (AvgIpc) is 2.79. The molecule has 2 rings (SSSR count). The summed E-state index contributed by atoms with van der Waals surface area (Å²) in [5.41, 5.74) is 0. The molecular weight excluding hydrogens is 258 g/mol. The van der Waals surface area contributed by atoms with Crippen molar-refractivity contribution < 1.29 is 14.7 Å². The third kappa shape index (κ3) is 3.42. The van der Waals surface area contributed by atoms with Crippen LogP contribution >= 0.6 is 0 Å². The summed E-state index contributed by atoms with van der Waals surface area (Å²) in [6.07, 6.45) is 2.54. The van der Waals surface area contributed by atoms with Crippen molar-refractivity contribution in [1.29, 1.82) is 0 Å². The summed E-state index contributed by atoms with van der Waals surface area (Å²) in [5, 5.41) is 8.71. The highest BCUT2D eigenvalue weighted by Gasteiger charge is 2.34. The first-order valence-electron chi connectivity index (χ1n) is 7.47. The van der Waals surface area contributed by atoms with Crippen LogP contribution in [0.4, 0.5) is 4.79 Å². The molecule has 0 aromatic carbocycles. The Kier molecular flexibility index (Phi) is 4.86. The van der Waals surface area contributed by atoms with Gasteiger partial charge in [0, 0.05) is 38.6 Å². The molecule has 0 bridgehead atoms. The van der Waals surface area contributed by atoms with Crippen LogP contribution in [0.1, 0.15) is 26.2 Å². The van der Waals surface area contributed by atoms with Crippen molar-refractivity contribution in [2.75, 3.05) is 39.8 Å². The maximum absolute atomic E-state index is 12.2. The number of carbonyl (C=O) groups is 2. The molecule has 6 nitrogen and oxygen atoms in total. The van der Waals surface area contributed by atoms with Gasteiger partial charge in [0.2, 0.25) is 0 Å². The van der Waals surface area contributed by atoms with Crippen molar-refractivity contribution >= 4 is 12.0 Å². The van der Waals surface area contributed by atoms with Gasteiger partial charge in [-0.2, -0.15) is 0 Å². The molecule has 2 aliphatic heterocycles. The number of amides is 2. The molecule has 2 fully saturated rings. The molecule has 2 aliphatic rings. The Hall–Kier alpha value is -1.30. The first kappa shape index (κ1) is 15.1. The SMILES string of the molecule is CCN1CCCC1CN(C)C(=O)N1CC(CC(=O)O)C1. The van der Waals surface area contributed by atoms with Crippen LogP contribution in [-0.2, 0) is 4.79 Å². The topological polar surface area (TPSA) is 64.1 Å². The largest absolute Gasteiger partial charge is 0.481 e. The van der Waals surface area contributed by atoms with Gasteiger partial charge in [0.05, 0.1) is 6.42 Å². The highest BCUT2D eigenvalue weighted by atomic mass is 16.4. The molecular formula is C14H25N3O3. The summed E-state index contributed by atoms with van der Waals surface area (Å²) in [4.78, 5) is 28.8. The Morgan fingerprint density at radius 3 is 2.65 bits per heavy atom. The Bertz CT molecular complexity index is 369. The van der Waals surface area contributed by atoms with Gasteiger partial charge >= 0.3 is 12.0 Å². The lowest BCUT2D eigenvalue weighted by Crippen LogP contribution is -2.56. The van der Waals surface area contributed by atoms with Crippen molar-refractivity contribution in [3.63, 3.8) is 0 Å². The number of aliphatic carboxylic acids is 1. The number of carboxylic acid groups (broad SMARTS) is 1. The number of carboxylic acids is 1. The van der Waals surface area contributed by atoms with E-state index < -0.39 is 5.97 Å². The van der Waals surface area contributed by atoms with E-state index in [9.17, 15) is 9.59 Å². The molecule has 2 amide bonds. The molecule has 0 aliphatic carbocycles. The van der Waals surface area contributed by atoms with Gasteiger partial charge in [-0.3, -0.25) is 9.69 Å². The third-order valence-corrected chi connectivity index (χ3v) is 4.41. The lowest BCUT2D eigenvalue weighted by molar-refractivity contribution is -0.139. The van der Waals surface area contributed by atoms with Gasteiger partial charge in [0.1, 0.15) is 0 Å². The smallest absolute Gasteiger partial charge is 0.319 e. The molecule has 0 aromatic rings. The van der Waals surface area contributed by atoms with Crippen LogP contribution in [0.5, 0.6) is 0 Å². The third-order valence-electron chi connectivity index (χ3n) is 4.41. The van der Waals surface area contributed by atoms with Gasteiger partial charge in [0.25, 0.3) is 0 Å². The fourth-order valence-corrected chi connectivity index (χ4v) is 3.26. The second-order valence-electron chi connectivity index (χ2n) is 5.96. The zero-order valence-electron chi connectivity index (χ0n) is 12.4. The van der Waals surface area contributed by atoms with Gasteiger partial charge < -0.3 is 14.9 Å². The maximum Gasteiger partial charge on any atom is 0.319 e. The first-order valence-corrected chi connectivity index (χ1v) is 7.47. The van der Waals surface area contributed by atoms with Crippen molar-refractivity contribution in [3.05, 3.63) is 0 Å². The minimum atomic E-state index is -0.778. The van der Waals surface area contributed by atoms with E-state index in [1.807, 2.05) is 7.05 Å². The lowest BCUT2D eigenvalue weighted by Gasteiger charge is -2.41. The predicted molar refractivity (Wildman–Crippen MR) is 75.6 cm³/mol. The number of rotatable bonds is 5. The van der Waals surface area contributed by atoms with E-state index in [4.69, 9.17) is 5.11 Å². The van der Waals surface area contributed by atoms with Gasteiger partial charge in [-0.05, 0) is 25.9 Å². The zero-order valence-corrected chi connectivity index (χ0v) is 12.4. The molecule has 1 atom stereocenters. The van der Waals surface area contributed by atoms with Crippen molar-refractivity contribution in [2.45, 2.75) is 32.2 Å². The van der Waals surface area contributed by atoms with Crippen molar-refractivity contribution in [3.8, 4) is 0 Å². The van der Waals surface area contributed by atoms with Crippen LogP contribution in [0.25, 0.3) is 0 Å². The van der Waals surface area contributed by atoms with Gasteiger partial charge in [0.15, 0.2) is 0 Å². The fraction of sp³-hybridized carbons (Fsp3) is 0.857. The zero-order chi connectivity index (χ0) is 14.7. The quantitative estimate of drug-likeness (QED) is 0.815. The second kappa shape index (κ2) is 6.43. The molecule has 0 spiro atoms. The number of urea groups is 1. The fourth-order valence-electron chi connectivity index (χ4n) is 3.26. The molecule has 1 unspecified atom stereocenters. The molecule has 0 radical (unpaired) electrons. The number of nitrogens with zero attached hydrogens (tertiary/aromatic N) is 3. The average molecular weight is 283 g/mol. The van der Waals surface area contributed by atoms with Gasteiger partial charge in [-0.25, -0.2) is 4.79 Å².